The van der Waals surface area contributed by atoms with Crippen molar-refractivity contribution in [3.63, 3.8) is 0 Å². The molecule has 0 radical (unpaired) electrons. The van der Waals surface area contributed by atoms with Gasteiger partial charge < -0.3 is 0 Å². The van der Waals surface area contributed by atoms with Gasteiger partial charge in [-0.25, -0.2) is 9.78 Å². The van der Waals surface area contributed by atoms with Gasteiger partial charge in [0.25, 0.3) is 0 Å². The van der Waals surface area contributed by atoms with Crippen LogP contribution in [0.15, 0.2) is 126 Å². The number of rotatable bonds is 6. The Kier molecular flexibility index (Phi) is 10.7. The second-order valence-electron chi connectivity index (χ2n) is 21.2. The fraction of sp³-hybridized carbons (Fsp3) is 0.444. The average Bonchev–Trinajstić information content (AvgIpc) is 3.47. The maximum absolute atomic E-state index is 7.01. The molecule has 1 aliphatic heterocycles. The molecule has 0 N–H and O–H groups in total. The quantitative estimate of drug-likeness (QED) is 0.183. The van der Waals surface area contributed by atoms with Crippen LogP contribution in [-0.2, 0) is 37.0 Å². The molecule has 56 heavy (non-hydrogen) atoms. The summed E-state index contributed by atoms with van der Waals surface area (Å²) in [6.07, 6.45) is 4.87. The molecule has 1 heterocycles. The molecule has 4 aromatic rings. The van der Waals surface area contributed by atoms with Crippen LogP contribution >= 0.6 is 0 Å². The molecule has 0 spiro atoms. The van der Waals surface area contributed by atoms with Crippen molar-refractivity contribution in [1.29, 1.82) is 0 Å². The van der Waals surface area contributed by atoms with Crippen LogP contribution in [0.2, 0.25) is 0 Å². The Bertz CT molecular complexity index is 2010. The highest BCUT2D eigenvalue weighted by atomic mass is 17.2. The molecular weight excluding hydrogens is 681 g/mol. The normalized spacial score (nSPS) is 18.9. The molecule has 1 fully saturated rings. The summed E-state index contributed by atoms with van der Waals surface area (Å²) < 4.78 is 0. The molecule has 2 nitrogen and oxygen atoms in total. The zero-order valence-corrected chi connectivity index (χ0v) is 37.4. The number of hydrogen-bond acceptors (Lipinski definition) is 2. The van der Waals surface area contributed by atoms with Gasteiger partial charge in [0.05, 0.1) is 0 Å². The highest BCUT2D eigenvalue weighted by molar-refractivity contribution is 5.88. The number of fused-ring (bicyclic) bond motifs is 1. The molecule has 4 aromatic carbocycles. The third kappa shape index (κ3) is 7.57. The molecule has 1 atom stereocenters. The van der Waals surface area contributed by atoms with E-state index >= 15 is 0 Å². The first kappa shape index (κ1) is 41.6. The molecule has 2 aliphatic rings. The van der Waals surface area contributed by atoms with Crippen molar-refractivity contribution in [1.82, 2.24) is 0 Å². The van der Waals surface area contributed by atoms with Gasteiger partial charge >= 0.3 is 0 Å². The zero-order valence-electron chi connectivity index (χ0n) is 37.4. The van der Waals surface area contributed by atoms with Crippen LogP contribution in [0, 0.1) is 11.8 Å². The van der Waals surface area contributed by atoms with E-state index in [2.05, 4.69) is 220 Å². The second kappa shape index (κ2) is 14.4. The number of allylic oxidation sites excluding steroid dienone is 3. The SMILES string of the molecule is CC(C)C1=CC2(C(C)C)OOC(c3ccc(C(C)(C)C)cc3)(c3ccc(C(C)(C)C)cc3)C2=CC1=C(c1ccc(C(C)(C)C)cc1)c1ccc(C(C)(C)C)cc1. The molecule has 0 aromatic heterocycles. The lowest BCUT2D eigenvalue weighted by Gasteiger charge is -2.39. The molecule has 1 saturated heterocycles. The summed E-state index contributed by atoms with van der Waals surface area (Å²) in [6, 6.07) is 36.7. The summed E-state index contributed by atoms with van der Waals surface area (Å²) in [5, 5.41) is 0. The van der Waals surface area contributed by atoms with E-state index in [1.807, 2.05) is 0 Å². The minimum absolute atomic E-state index is 0.0175. The van der Waals surface area contributed by atoms with E-state index in [4.69, 9.17) is 9.78 Å². The Balaban J connectivity index is 1.73. The van der Waals surface area contributed by atoms with Crippen LogP contribution in [-0.4, -0.2) is 5.60 Å². The van der Waals surface area contributed by atoms with E-state index in [-0.39, 0.29) is 33.5 Å². The molecule has 6 rings (SSSR count). The summed E-state index contributed by atoms with van der Waals surface area (Å²) in [5.74, 6) is 0.320. The number of benzene rings is 4. The highest BCUT2D eigenvalue weighted by Crippen LogP contribution is 2.59. The van der Waals surface area contributed by atoms with Crippen LogP contribution in [0.25, 0.3) is 5.57 Å². The van der Waals surface area contributed by atoms with Gasteiger partial charge in [0.15, 0.2) is 5.60 Å². The van der Waals surface area contributed by atoms with Gasteiger partial charge in [0, 0.05) is 5.57 Å². The van der Waals surface area contributed by atoms with Gasteiger partial charge in [-0.05, 0) is 107 Å². The van der Waals surface area contributed by atoms with Gasteiger partial charge in [-0.2, -0.15) is 0 Å². The van der Waals surface area contributed by atoms with Crippen molar-refractivity contribution in [2.75, 3.05) is 0 Å². The largest absolute Gasteiger partial charge is 0.219 e. The first-order chi connectivity index (χ1) is 25.9. The van der Waals surface area contributed by atoms with Crippen molar-refractivity contribution in [2.24, 2.45) is 11.8 Å². The van der Waals surface area contributed by atoms with Gasteiger partial charge in [-0.15, -0.1) is 0 Å². The minimum atomic E-state index is -0.987. The summed E-state index contributed by atoms with van der Waals surface area (Å²) in [5.41, 5.74) is 12.9. The molecular formula is C54H68O2. The molecule has 1 aliphatic carbocycles. The molecule has 1 unspecified atom stereocenters. The zero-order chi connectivity index (χ0) is 41.2. The van der Waals surface area contributed by atoms with Crippen molar-refractivity contribution < 1.29 is 9.78 Å². The van der Waals surface area contributed by atoms with Crippen LogP contribution < -0.4 is 0 Å². The minimum Gasteiger partial charge on any atom is -0.219 e. The van der Waals surface area contributed by atoms with Crippen molar-refractivity contribution >= 4 is 5.57 Å². The fourth-order valence-corrected chi connectivity index (χ4v) is 8.35. The van der Waals surface area contributed by atoms with Gasteiger partial charge in [0.2, 0.25) is 0 Å². The predicted molar refractivity (Wildman–Crippen MR) is 238 cm³/mol. The molecule has 0 saturated carbocycles. The third-order valence-corrected chi connectivity index (χ3v) is 12.2. The molecule has 296 valence electrons. The monoisotopic (exact) mass is 749 g/mol. The maximum Gasteiger partial charge on any atom is 0.178 e. The first-order valence-electron chi connectivity index (χ1n) is 20.9. The van der Waals surface area contributed by atoms with Gasteiger partial charge in [-0.1, -0.05) is 208 Å². The Morgan fingerprint density at radius 2 is 0.804 bits per heavy atom. The molecule has 2 heteroatoms. The lowest BCUT2D eigenvalue weighted by Crippen LogP contribution is -2.41. The summed E-state index contributed by atoms with van der Waals surface area (Å²) in [6.45, 7) is 36.4. The Morgan fingerprint density at radius 1 is 0.464 bits per heavy atom. The smallest absolute Gasteiger partial charge is 0.178 e. The highest BCUT2D eigenvalue weighted by Gasteiger charge is 2.60. The Labute approximate surface area is 340 Å². The Hall–Kier alpha value is -3.98. The van der Waals surface area contributed by atoms with Crippen molar-refractivity contribution in [2.45, 2.75) is 144 Å². The third-order valence-electron chi connectivity index (χ3n) is 12.2. The van der Waals surface area contributed by atoms with E-state index in [1.54, 1.807) is 0 Å². The summed E-state index contributed by atoms with van der Waals surface area (Å²) in [4.78, 5) is 13.9. The van der Waals surface area contributed by atoms with Crippen LogP contribution in [0.4, 0.5) is 0 Å². The van der Waals surface area contributed by atoms with E-state index in [9.17, 15) is 0 Å². The predicted octanol–water partition coefficient (Wildman–Crippen LogP) is 14.5. The number of hydrogen-bond donors (Lipinski definition) is 0. The van der Waals surface area contributed by atoms with Crippen LogP contribution in [0.3, 0.4) is 0 Å². The lowest BCUT2D eigenvalue weighted by molar-refractivity contribution is -0.343. The van der Waals surface area contributed by atoms with Gasteiger partial charge in [-0.3, -0.25) is 0 Å². The summed E-state index contributed by atoms with van der Waals surface area (Å²) in [7, 11) is 0. The van der Waals surface area contributed by atoms with Crippen molar-refractivity contribution in [3.05, 3.63) is 170 Å². The van der Waals surface area contributed by atoms with Crippen molar-refractivity contribution in [3.8, 4) is 0 Å². The lowest BCUT2D eigenvalue weighted by atomic mass is 9.64. The Morgan fingerprint density at radius 3 is 1.11 bits per heavy atom. The maximum atomic E-state index is 7.01. The summed E-state index contributed by atoms with van der Waals surface area (Å²) >= 11 is 0. The fourth-order valence-electron chi connectivity index (χ4n) is 8.35. The second-order valence-corrected chi connectivity index (χ2v) is 21.2. The first-order valence-corrected chi connectivity index (χ1v) is 20.9. The topological polar surface area (TPSA) is 18.5 Å². The van der Waals surface area contributed by atoms with Crippen LogP contribution in [0.1, 0.15) is 155 Å². The average molecular weight is 749 g/mol. The molecule has 0 amide bonds. The molecule has 0 bridgehead atoms. The van der Waals surface area contributed by atoms with E-state index < -0.39 is 11.2 Å². The van der Waals surface area contributed by atoms with E-state index in [1.165, 1.54) is 50.1 Å². The van der Waals surface area contributed by atoms with Gasteiger partial charge in [0.1, 0.15) is 5.60 Å². The standard InChI is InChI=1S/C54H68O2/c1-35(2)46-34-53(36(3)4)47(33-45(46)48(37-17-21-39(22-18-37)49(5,6)7)38-19-23-40(24-20-38)50(8,9)10)54(56-55-53,43-29-25-41(26-30-43)51(11,12)13)44-31-27-42(28-32-44)52(14,15)16/h17-36H,1-16H3. The van der Waals surface area contributed by atoms with E-state index in [0.29, 0.717) is 0 Å². The van der Waals surface area contributed by atoms with E-state index in [0.717, 1.165) is 16.7 Å². The van der Waals surface area contributed by atoms with Crippen LogP contribution in [0.5, 0.6) is 0 Å².